The number of fused-ring (bicyclic) bond motifs is 2. The summed E-state index contributed by atoms with van der Waals surface area (Å²) in [6.07, 6.45) is 5.18. The zero-order chi connectivity index (χ0) is 26.2. The van der Waals surface area contributed by atoms with E-state index in [-0.39, 0.29) is 11.3 Å². The predicted molar refractivity (Wildman–Crippen MR) is 139 cm³/mol. The third-order valence-corrected chi connectivity index (χ3v) is 6.11. The summed E-state index contributed by atoms with van der Waals surface area (Å²) < 4.78 is 16.3. The van der Waals surface area contributed by atoms with Crippen LogP contribution < -0.4 is 10.6 Å². The molecular formula is C28H20FN7O2. The van der Waals surface area contributed by atoms with Crippen LogP contribution in [0.1, 0.15) is 27.0 Å². The van der Waals surface area contributed by atoms with Gasteiger partial charge in [-0.1, -0.05) is 42.5 Å². The Bertz CT molecular complexity index is 1750. The highest BCUT2D eigenvalue weighted by atomic mass is 19.1. The van der Waals surface area contributed by atoms with Gasteiger partial charge in [-0.2, -0.15) is 5.10 Å². The van der Waals surface area contributed by atoms with Crippen molar-refractivity contribution < 1.29 is 14.0 Å². The minimum Gasteiger partial charge on any atom is -0.322 e. The van der Waals surface area contributed by atoms with E-state index in [0.29, 0.717) is 33.7 Å². The fraction of sp³-hybridized carbons (Fsp3) is 0.0714. The summed E-state index contributed by atoms with van der Waals surface area (Å²) in [5.41, 5.74) is 3.77. The van der Waals surface area contributed by atoms with Crippen LogP contribution in [-0.4, -0.2) is 43.3 Å². The van der Waals surface area contributed by atoms with Gasteiger partial charge in [0.2, 0.25) is 6.17 Å². The van der Waals surface area contributed by atoms with Crippen LogP contribution in [-0.2, 0) is 4.79 Å². The molecule has 0 radical (unpaired) electrons. The van der Waals surface area contributed by atoms with Gasteiger partial charge in [-0.25, -0.2) is 18.9 Å². The highest BCUT2D eigenvalue weighted by molar-refractivity contribution is 6.20. The van der Waals surface area contributed by atoms with E-state index in [1.807, 2.05) is 31.2 Å². The second-order valence-electron chi connectivity index (χ2n) is 8.73. The predicted octanol–water partition coefficient (Wildman–Crippen LogP) is 3.78. The number of benzene rings is 2. The molecule has 38 heavy (non-hydrogen) atoms. The Morgan fingerprint density at radius 2 is 1.89 bits per heavy atom. The lowest BCUT2D eigenvalue weighted by Gasteiger charge is -2.13. The molecule has 0 saturated heterocycles. The Morgan fingerprint density at radius 3 is 2.71 bits per heavy atom. The summed E-state index contributed by atoms with van der Waals surface area (Å²) in [6.45, 7) is 1.89. The van der Waals surface area contributed by atoms with Crippen LogP contribution >= 0.6 is 0 Å². The minimum absolute atomic E-state index is 0.000950. The number of aromatic nitrogens is 4. The van der Waals surface area contributed by atoms with E-state index in [0.717, 1.165) is 5.56 Å². The second kappa shape index (κ2) is 9.32. The first-order chi connectivity index (χ1) is 18.5. The quantitative estimate of drug-likeness (QED) is 0.386. The molecule has 4 heterocycles. The number of hydrogen-bond acceptors (Lipinski definition) is 6. The summed E-state index contributed by atoms with van der Waals surface area (Å²) in [4.78, 5) is 40.2. The maximum absolute atomic E-state index is 14.8. The summed E-state index contributed by atoms with van der Waals surface area (Å²) >= 11 is 0. The van der Waals surface area contributed by atoms with Crippen LogP contribution in [0, 0.1) is 12.7 Å². The van der Waals surface area contributed by atoms with Crippen LogP contribution in [0.2, 0.25) is 0 Å². The first-order valence-electron chi connectivity index (χ1n) is 11.8. The van der Waals surface area contributed by atoms with Crippen LogP contribution in [0.5, 0.6) is 0 Å². The first-order valence-corrected chi connectivity index (χ1v) is 11.8. The second-order valence-corrected chi connectivity index (χ2v) is 8.73. The molecule has 0 aliphatic carbocycles. The summed E-state index contributed by atoms with van der Waals surface area (Å²) in [7, 11) is 0. The average molecular weight is 506 g/mol. The summed E-state index contributed by atoms with van der Waals surface area (Å²) in [6, 6.07) is 17.1. The number of benzodiazepines with no additional fused rings is 1. The molecule has 186 valence electrons. The highest BCUT2D eigenvalue weighted by Crippen LogP contribution is 2.28. The fourth-order valence-corrected chi connectivity index (χ4v) is 4.40. The van der Waals surface area contributed by atoms with Gasteiger partial charge in [0.05, 0.1) is 11.4 Å². The van der Waals surface area contributed by atoms with E-state index in [2.05, 4.69) is 30.7 Å². The van der Waals surface area contributed by atoms with Crippen LogP contribution in [0.4, 0.5) is 10.1 Å². The lowest BCUT2D eigenvalue weighted by atomic mass is 10.0. The summed E-state index contributed by atoms with van der Waals surface area (Å²) in [5.74, 6) is -1.90. The van der Waals surface area contributed by atoms with Gasteiger partial charge in [0, 0.05) is 41.5 Å². The van der Waals surface area contributed by atoms with Crippen LogP contribution in [0.25, 0.3) is 16.9 Å². The van der Waals surface area contributed by atoms with E-state index >= 15 is 0 Å². The van der Waals surface area contributed by atoms with Gasteiger partial charge in [-0.05, 0) is 30.7 Å². The molecule has 6 rings (SSSR count). The van der Waals surface area contributed by atoms with Gasteiger partial charge in [-0.3, -0.25) is 14.6 Å². The van der Waals surface area contributed by atoms with E-state index in [9.17, 15) is 14.0 Å². The zero-order valence-corrected chi connectivity index (χ0v) is 20.1. The van der Waals surface area contributed by atoms with Crippen molar-refractivity contribution in [1.29, 1.82) is 0 Å². The van der Waals surface area contributed by atoms with Crippen molar-refractivity contribution in [3.05, 3.63) is 114 Å². The number of anilines is 1. The molecule has 0 fully saturated rings. The smallest absolute Gasteiger partial charge is 0.269 e. The van der Waals surface area contributed by atoms with Crippen molar-refractivity contribution in [3.8, 4) is 11.3 Å². The van der Waals surface area contributed by atoms with Crippen molar-refractivity contribution in [3.63, 3.8) is 0 Å². The Morgan fingerprint density at radius 1 is 1.05 bits per heavy atom. The summed E-state index contributed by atoms with van der Waals surface area (Å²) in [5, 5.41) is 9.85. The normalized spacial score (nSPS) is 14.8. The lowest BCUT2D eigenvalue weighted by Crippen LogP contribution is -2.42. The average Bonchev–Trinajstić information content (AvgIpc) is 3.26. The maximum atomic E-state index is 14.8. The number of pyridine rings is 1. The molecule has 0 unspecified atom stereocenters. The molecule has 3 aromatic heterocycles. The Kier molecular flexibility index (Phi) is 5.68. The fourth-order valence-electron chi connectivity index (χ4n) is 4.40. The third-order valence-electron chi connectivity index (χ3n) is 6.11. The Balaban J connectivity index is 1.45. The molecule has 0 bridgehead atoms. The number of carbonyl (C=O) groups excluding carboxylic acids is 2. The zero-order valence-electron chi connectivity index (χ0n) is 20.1. The standard InChI is InChI=1S/C28H20FN7O2/c1-16-13-18(15-30-14-16)23-21(26-31-11-6-12-36(26)35-23)27(37)34-25-28(38)33-24-19(9-5-10-20(24)29)22(32-25)17-7-3-2-4-8-17/h2-15,25H,1H3,(H,33,38)(H,34,37)/t25-/m1/s1. The maximum Gasteiger partial charge on any atom is 0.269 e. The molecule has 2 amide bonds. The number of nitrogens with zero attached hydrogens (tertiary/aromatic N) is 5. The molecule has 5 aromatic rings. The molecule has 10 heteroatoms. The Labute approximate surface area is 216 Å². The monoisotopic (exact) mass is 505 g/mol. The molecule has 0 saturated carbocycles. The van der Waals surface area contributed by atoms with Gasteiger partial charge in [0.15, 0.2) is 5.65 Å². The van der Waals surface area contributed by atoms with Crippen molar-refractivity contribution in [2.45, 2.75) is 13.1 Å². The van der Waals surface area contributed by atoms with Gasteiger partial charge in [0.25, 0.3) is 11.8 Å². The topological polar surface area (TPSA) is 114 Å². The minimum atomic E-state index is -1.35. The molecule has 9 nitrogen and oxygen atoms in total. The molecule has 0 spiro atoms. The number of hydrogen-bond donors (Lipinski definition) is 2. The number of nitrogens with one attached hydrogen (secondary N) is 2. The third kappa shape index (κ3) is 4.07. The number of aliphatic imine (C=N–C) groups is 1. The highest BCUT2D eigenvalue weighted by Gasteiger charge is 2.31. The van der Waals surface area contributed by atoms with E-state index in [1.54, 1.807) is 55.1 Å². The molecule has 2 N–H and O–H groups in total. The number of para-hydroxylation sites is 1. The SMILES string of the molecule is Cc1cncc(-c2nn3cccnc3c2C(=O)N[C@H]2N=C(c3ccccc3)c3cccc(F)c3NC2=O)c1. The van der Waals surface area contributed by atoms with Crippen LogP contribution in [0.3, 0.4) is 0 Å². The van der Waals surface area contributed by atoms with Gasteiger partial charge in [-0.15, -0.1) is 0 Å². The number of amides is 2. The largest absolute Gasteiger partial charge is 0.322 e. The van der Waals surface area contributed by atoms with E-state index in [4.69, 9.17) is 0 Å². The molecule has 1 aliphatic rings. The van der Waals surface area contributed by atoms with Gasteiger partial charge < -0.3 is 10.6 Å². The number of carbonyl (C=O) groups is 2. The van der Waals surface area contributed by atoms with Crippen molar-refractivity contribution >= 4 is 28.9 Å². The number of aryl methyl sites for hydroxylation is 1. The number of halogens is 1. The number of rotatable bonds is 4. The molecule has 2 aromatic carbocycles. The van der Waals surface area contributed by atoms with Crippen LogP contribution in [0.15, 0.2) is 90.4 Å². The van der Waals surface area contributed by atoms with Gasteiger partial charge in [0.1, 0.15) is 17.1 Å². The Hall–Kier alpha value is -5.25. The lowest BCUT2D eigenvalue weighted by molar-refractivity contribution is -0.117. The molecular weight excluding hydrogens is 485 g/mol. The van der Waals surface area contributed by atoms with E-state index < -0.39 is 23.8 Å². The molecule has 1 atom stereocenters. The van der Waals surface area contributed by atoms with Gasteiger partial charge >= 0.3 is 0 Å². The van der Waals surface area contributed by atoms with Crippen molar-refractivity contribution in [2.75, 3.05) is 5.32 Å². The molecule has 1 aliphatic heterocycles. The van der Waals surface area contributed by atoms with Crippen molar-refractivity contribution in [2.24, 2.45) is 4.99 Å². The van der Waals surface area contributed by atoms with E-state index in [1.165, 1.54) is 10.6 Å². The first kappa shape index (κ1) is 23.2. The van der Waals surface area contributed by atoms with Crippen molar-refractivity contribution in [1.82, 2.24) is 24.9 Å².